The van der Waals surface area contributed by atoms with Crippen LogP contribution in [-0.2, 0) is 0 Å². The number of carbonyl (C=O) groups excluding carboxylic acids is 1. The molecule has 1 N–H and O–H groups in total. The van der Waals surface area contributed by atoms with Crippen LogP contribution in [0.4, 0.5) is 23.7 Å². The maximum absolute atomic E-state index is 13.6. The van der Waals surface area contributed by atoms with Crippen LogP contribution < -0.4 is 5.32 Å². The van der Waals surface area contributed by atoms with E-state index < -0.39 is 17.7 Å². The Kier molecular flexibility index (Phi) is 5.28. The minimum Gasteiger partial charge on any atom is -0.438 e. The Labute approximate surface area is 187 Å². The second-order valence-electron chi connectivity index (χ2n) is 8.11. The first-order chi connectivity index (χ1) is 15.9. The van der Waals surface area contributed by atoms with Gasteiger partial charge < -0.3 is 14.6 Å². The highest BCUT2D eigenvalue weighted by atomic mass is 19.2. The molecule has 1 aromatic heterocycles. The van der Waals surface area contributed by atoms with Crippen LogP contribution in [-0.4, -0.2) is 22.5 Å². The Morgan fingerprint density at radius 3 is 2.55 bits per heavy atom. The van der Waals surface area contributed by atoms with E-state index in [1.165, 1.54) is 12.1 Å². The number of aryl methyl sites for hydroxylation is 1. The van der Waals surface area contributed by atoms with Crippen LogP contribution in [0.3, 0.4) is 0 Å². The summed E-state index contributed by atoms with van der Waals surface area (Å²) >= 11 is 0. The number of urea groups is 1. The van der Waals surface area contributed by atoms with Crippen molar-refractivity contribution in [2.24, 2.45) is 0 Å². The van der Waals surface area contributed by atoms with Gasteiger partial charge in [-0.15, -0.1) is 0 Å². The quantitative estimate of drug-likeness (QED) is 0.382. The number of hydrogen-bond donors (Lipinski definition) is 1. The number of fused-ring (bicyclic) bond motifs is 1. The predicted octanol–water partition coefficient (Wildman–Crippen LogP) is 6.59. The summed E-state index contributed by atoms with van der Waals surface area (Å²) < 4.78 is 46.2. The van der Waals surface area contributed by atoms with Crippen LogP contribution in [0, 0.1) is 24.4 Å². The number of carbonyl (C=O) groups is 1. The molecule has 1 fully saturated rings. The Bertz CT molecular complexity index is 1370. The molecule has 5 nitrogen and oxygen atoms in total. The summed E-state index contributed by atoms with van der Waals surface area (Å²) in [5, 5.41) is 2.61. The number of hydrogen-bond acceptors (Lipinski definition) is 3. The highest BCUT2D eigenvalue weighted by Gasteiger charge is 2.33. The van der Waals surface area contributed by atoms with Gasteiger partial charge in [0, 0.05) is 18.3 Å². The summed E-state index contributed by atoms with van der Waals surface area (Å²) in [5.41, 5.74) is 3.69. The molecular weight excluding hydrogens is 431 g/mol. The first kappa shape index (κ1) is 21.1. The van der Waals surface area contributed by atoms with Gasteiger partial charge in [-0.25, -0.2) is 22.9 Å². The number of nitrogens with one attached hydrogen (secondary N) is 1. The monoisotopic (exact) mass is 451 g/mol. The molecule has 2 heterocycles. The van der Waals surface area contributed by atoms with Crippen LogP contribution in [0.25, 0.3) is 22.2 Å². The number of anilines is 1. The lowest BCUT2D eigenvalue weighted by Gasteiger charge is -2.22. The van der Waals surface area contributed by atoms with Crippen molar-refractivity contribution >= 4 is 22.8 Å². The van der Waals surface area contributed by atoms with Gasteiger partial charge in [-0.3, -0.25) is 0 Å². The lowest BCUT2D eigenvalue weighted by Crippen LogP contribution is -2.34. The van der Waals surface area contributed by atoms with E-state index in [0.29, 0.717) is 35.5 Å². The number of oxazole rings is 1. The van der Waals surface area contributed by atoms with Crippen molar-refractivity contribution in [1.82, 2.24) is 9.88 Å². The zero-order valence-electron chi connectivity index (χ0n) is 17.7. The van der Waals surface area contributed by atoms with E-state index in [2.05, 4.69) is 10.3 Å². The minimum atomic E-state index is -1.03. The highest BCUT2D eigenvalue weighted by molar-refractivity contribution is 5.90. The van der Waals surface area contributed by atoms with Crippen molar-refractivity contribution in [3.63, 3.8) is 0 Å². The zero-order chi connectivity index (χ0) is 23.1. The molecule has 4 aromatic rings. The number of likely N-dealkylation sites (tertiary alicyclic amines) is 1. The third kappa shape index (κ3) is 4.04. The Hall–Kier alpha value is -3.81. The predicted molar refractivity (Wildman–Crippen MR) is 118 cm³/mol. The van der Waals surface area contributed by atoms with Gasteiger partial charge >= 0.3 is 6.03 Å². The number of nitrogens with zero attached hydrogens (tertiary/aromatic N) is 2. The van der Waals surface area contributed by atoms with E-state index in [1.807, 2.05) is 12.1 Å². The van der Waals surface area contributed by atoms with E-state index in [0.717, 1.165) is 29.7 Å². The first-order valence-corrected chi connectivity index (χ1v) is 10.6. The first-order valence-electron chi connectivity index (χ1n) is 10.6. The molecule has 33 heavy (non-hydrogen) atoms. The second kappa shape index (κ2) is 8.27. The molecule has 0 spiro atoms. The van der Waals surface area contributed by atoms with Crippen molar-refractivity contribution in [3.8, 4) is 11.1 Å². The fraction of sp³-hybridized carbons (Fsp3) is 0.200. The molecule has 0 aliphatic carbocycles. The molecule has 8 heteroatoms. The number of amides is 2. The molecule has 0 radical (unpaired) electrons. The van der Waals surface area contributed by atoms with Crippen LogP contribution in [0.15, 0.2) is 59.0 Å². The van der Waals surface area contributed by atoms with Crippen LogP contribution >= 0.6 is 0 Å². The van der Waals surface area contributed by atoms with Gasteiger partial charge in [0.25, 0.3) is 0 Å². The number of rotatable bonds is 3. The average molecular weight is 451 g/mol. The third-order valence-corrected chi connectivity index (χ3v) is 5.86. The topological polar surface area (TPSA) is 58.4 Å². The highest BCUT2D eigenvalue weighted by Crippen LogP contribution is 2.35. The second-order valence-corrected chi connectivity index (χ2v) is 8.11. The van der Waals surface area contributed by atoms with E-state index in [-0.39, 0.29) is 17.5 Å². The molecule has 1 aliphatic heterocycles. The van der Waals surface area contributed by atoms with Gasteiger partial charge in [-0.05, 0) is 72.9 Å². The van der Waals surface area contributed by atoms with E-state index in [1.54, 1.807) is 30.0 Å². The van der Waals surface area contributed by atoms with Gasteiger partial charge in [0.05, 0.1) is 0 Å². The van der Waals surface area contributed by atoms with Crippen molar-refractivity contribution in [2.75, 3.05) is 11.9 Å². The molecule has 1 aliphatic rings. The number of halogens is 3. The summed E-state index contributed by atoms with van der Waals surface area (Å²) in [4.78, 5) is 19.0. The molecule has 1 unspecified atom stereocenters. The molecule has 3 aromatic carbocycles. The fourth-order valence-corrected chi connectivity index (χ4v) is 4.13. The fourth-order valence-electron chi connectivity index (χ4n) is 4.13. The smallest absolute Gasteiger partial charge is 0.322 e. The van der Waals surface area contributed by atoms with Crippen molar-refractivity contribution in [2.45, 2.75) is 25.8 Å². The molecule has 1 atom stereocenters. The molecule has 2 amide bonds. The molecule has 5 rings (SSSR count). The maximum Gasteiger partial charge on any atom is 0.322 e. The normalized spacial score (nSPS) is 15.9. The summed E-state index contributed by atoms with van der Waals surface area (Å²) in [7, 11) is 0. The number of aromatic nitrogens is 1. The molecule has 168 valence electrons. The minimum absolute atomic E-state index is 0.168. The Morgan fingerprint density at radius 2 is 1.76 bits per heavy atom. The van der Waals surface area contributed by atoms with Crippen molar-refractivity contribution < 1.29 is 22.4 Å². The van der Waals surface area contributed by atoms with Crippen LogP contribution in [0.2, 0.25) is 0 Å². The third-order valence-electron chi connectivity index (χ3n) is 5.86. The summed E-state index contributed by atoms with van der Waals surface area (Å²) in [6.07, 6.45) is 1.43. The van der Waals surface area contributed by atoms with E-state index in [4.69, 9.17) is 4.42 Å². The lowest BCUT2D eigenvalue weighted by molar-refractivity contribution is 0.199. The molecular formula is C25H20F3N3O2. The van der Waals surface area contributed by atoms with Gasteiger partial charge in [0.2, 0.25) is 5.89 Å². The largest absolute Gasteiger partial charge is 0.438 e. The molecule has 1 saturated heterocycles. The Balaban J connectivity index is 1.39. The van der Waals surface area contributed by atoms with E-state index >= 15 is 0 Å². The summed E-state index contributed by atoms with van der Waals surface area (Å²) in [6.45, 7) is 2.20. The maximum atomic E-state index is 13.6. The average Bonchev–Trinajstić information content (AvgIpc) is 3.44. The Morgan fingerprint density at radius 1 is 1.00 bits per heavy atom. The van der Waals surface area contributed by atoms with E-state index in [9.17, 15) is 18.0 Å². The summed E-state index contributed by atoms with van der Waals surface area (Å²) in [5.74, 6) is -1.85. The number of benzene rings is 3. The van der Waals surface area contributed by atoms with Crippen LogP contribution in [0.1, 0.15) is 30.3 Å². The van der Waals surface area contributed by atoms with Gasteiger partial charge in [-0.1, -0.05) is 12.1 Å². The summed E-state index contributed by atoms with van der Waals surface area (Å²) in [6, 6.07) is 12.9. The molecule has 0 bridgehead atoms. The zero-order valence-corrected chi connectivity index (χ0v) is 17.7. The lowest BCUT2D eigenvalue weighted by atomic mass is 10.0. The standard InChI is InChI=1S/C25H20F3N3O2/c1-14-11-15(4-7-18(14)26)16-5-9-23-21(12-16)30-24(33-23)22-3-2-10-31(22)25(32)29-17-6-8-19(27)20(28)13-17/h4-9,11-13,22H,2-3,10H2,1H3,(H,29,32). The van der Waals surface area contributed by atoms with Gasteiger partial charge in [0.1, 0.15) is 17.4 Å². The molecule has 0 saturated carbocycles. The van der Waals surface area contributed by atoms with Gasteiger partial charge in [-0.2, -0.15) is 0 Å². The van der Waals surface area contributed by atoms with Crippen molar-refractivity contribution in [3.05, 3.63) is 83.5 Å². The van der Waals surface area contributed by atoms with Crippen LogP contribution in [0.5, 0.6) is 0 Å². The van der Waals surface area contributed by atoms with Crippen molar-refractivity contribution in [1.29, 1.82) is 0 Å². The SMILES string of the molecule is Cc1cc(-c2ccc3oc(C4CCCN4C(=O)Nc4ccc(F)c(F)c4)nc3c2)ccc1F. The van der Waals surface area contributed by atoms with Gasteiger partial charge in [0.15, 0.2) is 17.2 Å².